The molecule has 0 spiro atoms. The van der Waals surface area contributed by atoms with Crippen LogP contribution in [0.1, 0.15) is 11.3 Å². The molecule has 1 atom stereocenters. The highest BCUT2D eigenvalue weighted by Crippen LogP contribution is 2.28. The molecule has 1 N–H and O–H groups in total. The third-order valence-corrected chi connectivity index (χ3v) is 6.60. The number of aryl methyl sites for hydroxylation is 2. The number of piperazine rings is 1. The second-order valence-electron chi connectivity index (χ2n) is 7.83. The summed E-state index contributed by atoms with van der Waals surface area (Å²) in [5.41, 5.74) is 2.90. The van der Waals surface area contributed by atoms with Gasteiger partial charge in [-0.1, -0.05) is 12.1 Å². The van der Waals surface area contributed by atoms with Crippen LogP contribution in [0, 0.1) is 13.8 Å². The van der Waals surface area contributed by atoms with E-state index in [4.69, 9.17) is 4.74 Å². The van der Waals surface area contributed by atoms with Crippen molar-refractivity contribution >= 4 is 27.4 Å². The molecule has 0 saturated carbocycles. The summed E-state index contributed by atoms with van der Waals surface area (Å²) in [6.07, 6.45) is -0.602. The van der Waals surface area contributed by atoms with Gasteiger partial charge in [-0.3, -0.25) is 13.7 Å². The zero-order valence-electron chi connectivity index (χ0n) is 17.7. The number of hydrogen-bond donors (Lipinski definition) is 1. The molecule has 1 aromatic carbocycles. The lowest BCUT2D eigenvalue weighted by molar-refractivity contribution is 0.0967. The van der Waals surface area contributed by atoms with Crippen molar-refractivity contribution in [2.45, 2.75) is 26.5 Å². The number of aliphatic hydroxyl groups is 1. The fourth-order valence-electron chi connectivity index (χ4n) is 4.13. The molecule has 1 unspecified atom stereocenters. The Morgan fingerprint density at radius 3 is 2.63 bits per heavy atom. The maximum absolute atomic E-state index is 12.7. The predicted molar refractivity (Wildman–Crippen MR) is 121 cm³/mol. The average molecular weight is 429 g/mol. The lowest BCUT2D eigenvalue weighted by atomic mass is 10.2. The Hall–Kier alpha value is -2.42. The number of benzene rings is 1. The fraction of sp³-hybridized carbons (Fsp3) is 0.455. The van der Waals surface area contributed by atoms with Gasteiger partial charge in [-0.05, 0) is 49.1 Å². The minimum Gasteiger partial charge on any atom is -0.495 e. The molecule has 1 aliphatic heterocycles. The molecule has 3 aromatic rings. The third-order valence-electron chi connectivity index (χ3n) is 5.59. The summed E-state index contributed by atoms with van der Waals surface area (Å²) >= 11 is 1.34. The number of rotatable bonds is 6. The molecule has 4 rings (SSSR count). The number of aliphatic hydroxyl groups excluding tert-OH is 1. The molecular weight excluding hydrogens is 400 g/mol. The Morgan fingerprint density at radius 2 is 1.90 bits per heavy atom. The van der Waals surface area contributed by atoms with Crippen molar-refractivity contribution < 1.29 is 9.84 Å². The van der Waals surface area contributed by atoms with E-state index in [1.807, 2.05) is 38.1 Å². The first-order valence-electron chi connectivity index (χ1n) is 10.2. The molecular formula is C22H28N4O3S. The Bertz CT molecular complexity index is 1090. The van der Waals surface area contributed by atoms with E-state index >= 15 is 0 Å². The molecule has 1 aliphatic rings. The summed E-state index contributed by atoms with van der Waals surface area (Å²) in [6.45, 7) is 8.17. The third kappa shape index (κ3) is 4.21. The molecule has 8 heteroatoms. The van der Waals surface area contributed by atoms with Gasteiger partial charge < -0.3 is 14.7 Å². The largest absolute Gasteiger partial charge is 0.495 e. The van der Waals surface area contributed by atoms with Gasteiger partial charge in [-0.15, -0.1) is 0 Å². The maximum Gasteiger partial charge on any atom is 0.270 e. The number of ether oxygens (including phenoxy) is 1. The first kappa shape index (κ1) is 20.8. The smallest absolute Gasteiger partial charge is 0.270 e. The molecule has 0 radical (unpaired) electrons. The van der Waals surface area contributed by atoms with Gasteiger partial charge in [-0.25, -0.2) is 4.98 Å². The summed E-state index contributed by atoms with van der Waals surface area (Å²) in [4.78, 5) is 22.5. The highest BCUT2D eigenvalue weighted by Gasteiger charge is 2.22. The van der Waals surface area contributed by atoms with Gasteiger partial charge in [0.1, 0.15) is 10.6 Å². The Labute approximate surface area is 180 Å². The maximum atomic E-state index is 12.7. The van der Waals surface area contributed by atoms with E-state index in [2.05, 4.69) is 20.9 Å². The first-order valence-corrected chi connectivity index (χ1v) is 11.0. The molecule has 0 bridgehead atoms. The van der Waals surface area contributed by atoms with Crippen molar-refractivity contribution in [3.05, 3.63) is 51.9 Å². The summed E-state index contributed by atoms with van der Waals surface area (Å²) in [6, 6.07) is 9.98. The van der Waals surface area contributed by atoms with Gasteiger partial charge in [0.05, 0.1) is 30.8 Å². The van der Waals surface area contributed by atoms with E-state index < -0.39 is 6.10 Å². The number of para-hydroxylation sites is 2. The van der Waals surface area contributed by atoms with Crippen molar-refractivity contribution in [2.75, 3.05) is 44.7 Å². The van der Waals surface area contributed by atoms with Gasteiger partial charge in [-0.2, -0.15) is 0 Å². The minimum absolute atomic E-state index is 0.0555. The van der Waals surface area contributed by atoms with E-state index in [1.54, 1.807) is 11.1 Å². The van der Waals surface area contributed by atoms with Crippen molar-refractivity contribution in [1.29, 1.82) is 0 Å². The van der Waals surface area contributed by atoms with Crippen LogP contribution in [-0.4, -0.2) is 64.9 Å². The fourth-order valence-corrected chi connectivity index (χ4v) is 5.28. The minimum atomic E-state index is -0.602. The molecule has 0 amide bonds. The number of aromatic nitrogens is 2. The van der Waals surface area contributed by atoms with Crippen molar-refractivity contribution in [3.63, 3.8) is 0 Å². The highest BCUT2D eigenvalue weighted by atomic mass is 32.1. The lowest BCUT2D eigenvalue weighted by Crippen LogP contribution is -2.49. The van der Waals surface area contributed by atoms with Gasteiger partial charge >= 0.3 is 0 Å². The van der Waals surface area contributed by atoms with E-state index in [-0.39, 0.29) is 5.56 Å². The number of pyridine rings is 1. The van der Waals surface area contributed by atoms with Crippen LogP contribution in [0.2, 0.25) is 0 Å². The van der Waals surface area contributed by atoms with Crippen LogP contribution in [-0.2, 0) is 6.54 Å². The number of methoxy groups -OCH3 is 1. The van der Waals surface area contributed by atoms with Crippen LogP contribution in [0.25, 0.3) is 10.2 Å². The second-order valence-corrected chi connectivity index (χ2v) is 8.84. The molecule has 3 heterocycles. The molecule has 1 fully saturated rings. The number of anilines is 1. The summed E-state index contributed by atoms with van der Waals surface area (Å²) in [5, 5.41) is 11.3. The van der Waals surface area contributed by atoms with Crippen LogP contribution in [0.4, 0.5) is 5.69 Å². The van der Waals surface area contributed by atoms with E-state index in [1.165, 1.54) is 11.5 Å². The van der Waals surface area contributed by atoms with Crippen LogP contribution in [0.15, 0.2) is 35.1 Å². The molecule has 0 aliphatic carbocycles. The molecule has 160 valence electrons. The van der Waals surface area contributed by atoms with Crippen LogP contribution < -0.4 is 15.2 Å². The summed E-state index contributed by atoms with van der Waals surface area (Å²) in [7, 11) is 1.69. The zero-order valence-corrected chi connectivity index (χ0v) is 18.5. The number of β-amino-alcohol motifs (C(OH)–C–C–N with tert-alkyl or cyclic N) is 1. The van der Waals surface area contributed by atoms with E-state index in [0.29, 0.717) is 18.5 Å². The molecule has 1 saturated heterocycles. The Kier molecular flexibility index (Phi) is 6.08. The topological polar surface area (TPSA) is 70.8 Å². The lowest BCUT2D eigenvalue weighted by Gasteiger charge is -2.37. The van der Waals surface area contributed by atoms with Gasteiger partial charge in [0.2, 0.25) is 0 Å². The molecule has 30 heavy (non-hydrogen) atoms. The Balaban J connectivity index is 1.37. The quantitative estimate of drug-likeness (QED) is 0.650. The Morgan fingerprint density at radius 1 is 1.17 bits per heavy atom. The number of hydrogen-bond acceptors (Lipinski definition) is 7. The van der Waals surface area contributed by atoms with Crippen molar-refractivity contribution in [3.8, 4) is 5.75 Å². The van der Waals surface area contributed by atoms with Crippen LogP contribution >= 0.6 is 11.5 Å². The number of nitrogens with zero attached hydrogens (tertiary/aromatic N) is 4. The predicted octanol–water partition coefficient (Wildman–Crippen LogP) is 2.27. The summed E-state index contributed by atoms with van der Waals surface area (Å²) in [5.74, 6) is 0.884. The second kappa shape index (κ2) is 8.75. The van der Waals surface area contributed by atoms with Gasteiger partial charge in [0, 0.05) is 38.4 Å². The zero-order chi connectivity index (χ0) is 21.3. The van der Waals surface area contributed by atoms with Gasteiger partial charge in [0.25, 0.3) is 5.56 Å². The number of fused-ring (bicyclic) bond motifs is 1. The van der Waals surface area contributed by atoms with E-state index in [9.17, 15) is 9.90 Å². The summed E-state index contributed by atoms with van der Waals surface area (Å²) < 4.78 is 7.12. The van der Waals surface area contributed by atoms with Crippen LogP contribution in [0.5, 0.6) is 5.75 Å². The van der Waals surface area contributed by atoms with Crippen molar-refractivity contribution in [2.24, 2.45) is 0 Å². The van der Waals surface area contributed by atoms with Crippen molar-refractivity contribution in [1.82, 2.24) is 13.8 Å². The normalized spacial score (nSPS) is 16.2. The monoisotopic (exact) mass is 428 g/mol. The first-order chi connectivity index (χ1) is 14.5. The molecule has 2 aromatic heterocycles. The van der Waals surface area contributed by atoms with E-state index in [0.717, 1.165) is 53.7 Å². The SMILES string of the molecule is COc1ccccc1N1CCN(CC(O)Cn2sc3nc(C)cc(C)c3c2=O)CC1. The van der Waals surface area contributed by atoms with Gasteiger partial charge in [0.15, 0.2) is 0 Å². The van der Waals surface area contributed by atoms with Crippen LogP contribution in [0.3, 0.4) is 0 Å². The molecule has 7 nitrogen and oxygen atoms in total. The highest BCUT2D eigenvalue weighted by molar-refractivity contribution is 7.13. The standard InChI is InChI=1S/C22H28N4O3S/c1-15-12-16(2)23-21-20(15)22(28)26(30-21)14-17(27)13-24-8-10-25(11-9-24)18-6-4-5-7-19(18)29-3/h4-7,12,17,27H,8-11,13-14H2,1-3H3. The average Bonchev–Trinajstić information content (AvgIpc) is 3.03.